The molecule has 0 radical (unpaired) electrons. The molecule has 2 nitrogen and oxygen atoms in total. The zero-order valence-electron chi connectivity index (χ0n) is 8.45. The number of hydrogen-bond donors (Lipinski definition) is 0. The van der Waals surface area contributed by atoms with Gasteiger partial charge in [0.15, 0.2) is 5.16 Å². The lowest BCUT2D eigenvalue weighted by molar-refractivity contribution is 0.573. The average molecular weight is 196 g/mol. The van der Waals surface area contributed by atoms with Crippen LogP contribution in [0.15, 0.2) is 11.4 Å². The molecule has 0 aromatic carbocycles. The molecule has 1 aromatic rings. The number of hydrogen-bond acceptors (Lipinski definition) is 2. The maximum atomic E-state index is 4.43. The summed E-state index contributed by atoms with van der Waals surface area (Å²) in [5.41, 5.74) is 1.40. The molecule has 1 aliphatic rings. The van der Waals surface area contributed by atoms with Crippen LogP contribution >= 0.6 is 11.8 Å². The third-order valence-electron chi connectivity index (χ3n) is 2.27. The first-order valence-electron chi connectivity index (χ1n) is 4.88. The number of rotatable bonds is 2. The molecule has 0 N–H and O–H groups in total. The minimum atomic E-state index is 0.703. The van der Waals surface area contributed by atoms with Gasteiger partial charge in [0.25, 0.3) is 0 Å². The predicted molar refractivity (Wildman–Crippen MR) is 56.1 cm³/mol. The summed E-state index contributed by atoms with van der Waals surface area (Å²) >= 11 is 1.89. The van der Waals surface area contributed by atoms with Crippen LogP contribution < -0.4 is 0 Å². The van der Waals surface area contributed by atoms with E-state index in [1.54, 1.807) is 0 Å². The summed E-state index contributed by atoms with van der Waals surface area (Å²) in [5, 5.41) is 1.91. The van der Waals surface area contributed by atoms with E-state index in [9.17, 15) is 0 Å². The van der Waals surface area contributed by atoms with Gasteiger partial charge in [-0.15, -0.1) is 0 Å². The third kappa shape index (κ3) is 1.75. The highest BCUT2D eigenvalue weighted by Crippen LogP contribution is 2.32. The van der Waals surface area contributed by atoms with Crippen LogP contribution in [-0.2, 0) is 13.0 Å². The first-order chi connectivity index (χ1) is 6.16. The van der Waals surface area contributed by atoms with Gasteiger partial charge in [-0.2, -0.15) is 0 Å². The Hall–Kier alpha value is -0.440. The molecular formula is C10H16N2S. The van der Waals surface area contributed by atoms with Gasteiger partial charge < -0.3 is 4.57 Å². The summed E-state index contributed by atoms with van der Waals surface area (Å²) in [6.07, 6.45) is 3.19. The van der Waals surface area contributed by atoms with E-state index < -0.39 is 0 Å². The van der Waals surface area contributed by atoms with E-state index in [4.69, 9.17) is 0 Å². The van der Waals surface area contributed by atoms with Gasteiger partial charge in [0.2, 0.25) is 0 Å². The first-order valence-corrected chi connectivity index (χ1v) is 5.76. The highest BCUT2D eigenvalue weighted by atomic mass is 32.2. The lowest BCUT2D eigenvalue weighted by Gasteiger charge is -2.07. The molecule has 1 aliphatic heterocycles. The Morgan fingerprint density at radius 2 is 2.46 bits per heavy atom. The Balaban J connectivity index is 2.20. The fourth-order valence-electron chi connectivity index (χ4n) is 1.74. The second-order valence-corrected chi connectivity index (χ2v) is 5.57. The summed E-state index contributed by atoms with van der Waals surface area (Å²) in [5.74, 6) is 0.724. The molecule has 0 amide bonds. The summed E-state index contributed by atoms with van der Waals surface area (Å²) in [4.78, 5) is 4.43. The molecule has 0 unspecified atom stereocenters. The maximum absolute atomic E-state index is 4.43. The number of imidazole rings is 1. The second-order valence-electron chi connectivity index (χ2n) is 4.17. The lowest BCUT2D eigenvalue weighted by atomic mass is 10.1. The van der Waals surface area contributed by atoms with Crippen LogP contribution in [0.4, 0.5) is 0 Å². The number of nitrogens with zero attached hydrogens (tertiary/aromatic N) is 2. The molecule has 1 atom stereocenters. The number of fused-ring (bicyclic) bond motifs is 1. The minimum Gasteiger partial charge on any atom is -0.322 e. The summed E-state index contributed by atoms with van der Waals surface area (Å²) < 4.78 is 2.37. The molecule has 2 heterocycles. The van der Waals surface area contributed by atoms with Crippen molar-refractivity contribution in [1.29, 1.82) is 0 Å². The molecule has 0 saturated carbocycles. The van der Waals surface area contributed by atoms with Crippen molar-refractivity contribution in [2.75, 3.05) is 0 Å². The van der Waals surface area contributed by atoms with Gasteiger partial charge in [-0.1, -0.05) is 32.5 Å². The van der Waals surface area contributed by atoms with Crippen LogP contribution in [0, 0.1) is 5.92 Å². The van der Waals surface area contributed by atoms with Crippen LogP contribution in [-0.4, -0.2) is 14.8 Å². The Morgan fingerprint density at radius 1 is 1.69 bits per heavy atom. The van der Waals surface area contributed by atoms with Crippen molar-refractivity contribution in [3.63, 3.8) is 0 Å². The second kappa shape index (κ2) is 3.37. The Kier molecular flexibility index (Phi) is 2.37. The third-order valence-corrected chi connectivity index (χ3v) is 3.35. The van der Waals surface area contributed by atoms with Gasteiger partial charge in [0.1, 0.15) is 0 Å². The van der Waals surface area contributed by atoms with Crippen molar-refractivity contribution < 1.29 is 0 Å². The molecule has 1 aromatic heterocycles. The highest BCUT2D eigenvalue weighted by Gasteiger charge is 2.22. The van der Waals surface area contributed by atoms with E-state index in [0.717, 1.165) is 18.9 Å². The standard InChI is InChI=1S/C10H16N2S/c1-7(2)4-9-5-11-10-12(9)6-8(3)13-10/h5,7-8H,4,6H2,1-3H3/t8-/m1/s1. The van der Waals surface area contributed by atoms with Gasteiger partial charge >= 0.3 is 0 Å². The quantitative estimate of drug-likeness (QED) is 0.723. The topological polar surface area (TPSA) is 17.8 Å². The van der Waals surface area contributed by atoms with Crippen molar-refractivity contribution in [2.24, 2.45) is 5.92 Å². The van der Waals surface area contributed by atoms with Crippen molar-refractivity contribution in [1.82, 2.24) is 9.55 Å². The van der Waals surface area contributed by atoms with E-state index >= 15 is 0 Å². The average Bonchev–Trinajstić information content (AvgIpc) is 2.51. The first kappa shape index (κ1) is 9.13. The zero-order chi connectivity index (χ0) is 9.42. The molecule has 0 spiro atoms. The lowest BCUT2D eigenvalue weighted by Crippen LogP contribution is -2.06. The largest absolute Gasteiger partial charge is 0.322 e. The molecule has 13 heavy (non-hydrogen) atoms. The predicted octanol–water partition coefficient (Wildman–Crippen LogP) is 2.58. The van der Waals surface area contributed by atoms with Crippen LogP contribution in [0.25, 0.3) is 0 Å². The van der Waals surface area contributed by atoms with Crippen molar-refractivity contribution in [2.45, 2.75) is 44.1 Å². The number of thioether (sulfide) groups is 1. The molecule has 0 fully saturated rings. The number of aromatic nitrogens is 2. The van der Waals surface area contributed by atoms with Crippen LogP contribution in [0.2, 0.25) is 0 Å². The zero-order valence-corrected chi connectivity index (χ0v) is 9.27. The molecule has 72 valence electrons. The van der Waals surface area contributed by atoms with Gasteiger partial charge in [0, 0.05) is 23.7 Å². The maximum Gasteiger partial charge on any atom is 0.168 e. The Bertz CT molecular complexity index is 304. The van der Waals surface area contributed by atoms with Crippen molar-refractivity contribution in [3.8, 4) is 0 Å². The molecule has 0 aliphatic carbocycles. The fraction of sp³-hybridized carbons (Fsp3) is 0.700. The van der Waals surface area contributed by atoms with E-state index in [0.29, 0.717) is 5.25 Å². The minimum absolute atomic E-state index is 0.703. The van der Waals surface area contributed by atoms with Crippen LogP contribution in [0.3, 0.4) is 0 Å². The fourth-order valence-corrected chi connectivity index (χ4v) is 2.75. The van der Waals surface area contributed by atoms with Gasteiger partial charge in [0.05, 0.1) is 0 Å². The van der Waals surface area contributed by atoms with E-state index in [-0.39, 0.29) is 0 Å². The van der Waals surface area contributed by atoms with E-state index in [1.165, 1.54) is 10.9 Å². The van der Waals surface area contributed by atoms with Gasteiger partial charge in [-0.25, -0.2) is 4.98 Å². The molecular weight excluding hydrogens is 180 g/mol. The molecule has 2 rings (SSSR count). The van der Waals surface area contributed by atoms with E-state index in [2.05, 4.69) is 30.3 Å². The van der Waals surface area contributed by atoms with Crippen LogP contribution in [0.5, 0.6) is 0 Å². The smallest absolute Gasteiger partial charge is 0.168 e. The van der Waals surface area contributed by atoms with Gasteiger partial charge in [-0.3, -0.25) is 0 Å². The molecule has 0 saturated heterocycles. The highest BCUT2D eigenvalue weighted by molar-refractivity contribution is 7.99. The normalized spacial score (nSPS) is 21.1. The summed E-state index contributed by atoms with van der Waals surface area (Å²) in [7, 11) is 0. The van der Waals surface area contributed by atoms with E-state index in [1.807, 2.05) is 18.0 Å². The van der Waals surface area contributed by atoms with Crippen molar-refractivity contribution >= 4 is 11.8 Å². The van der Waals surface area contributed by atoms with Gasteiger partial charge in [-0.05, 0) is 12.3 Å². The monoisotopic (exact) mass is 196 g/mol. The SMILES string of the molecule is CC(C)Cc1cnc2n1C[C@@H](C)S2. The summed E-state index contributed by atoms with van der Waals surface area (Å²) in [6.45, 7) is 7.91. The Morgan fingerprint density at radius 3 is 3.15 bits per heavy atom. The molecule has 3 heteroatoms. The summed E-state index contributed by atoms with van der Waals surface area (Å²) in [6, 6.07) is 0. The molecule has 0 bridgehead atoms. The van der Waals surface area contributed by atoms with Crippen molar-refractivity contribution in [3.05, 3.63) is 11.9 Å². The van der Waals surface area contributed by atoms with Crippen LogP contribution in [0.1, 0.15) is 26.5 Å². The Labute approximate surface area is 83.7 Å².